The number of anilines is 1. The number of rotatable bonds is 5. The zero-order valence-corrected chi connectivity index (χ0v) is 18.1. The molecule has 0 saturated carbocycles. The largest absolute Gasteiger partial charge is 0.497 e. The third-order valence-corrected chi connectivity index (χ3v) is 5.40. The third kappa shape index (κ3) is 4.65. The van der Waals surface area contributed by atoms with Gasteiger partial charge in [0.25, 0.3) is 5.91 Å². The number of nitriles is 1. The van der Waals surface area contributed by atoms with Gasteiger partial charge >= 0.3 is 0 Å². The highest BCUT2D eigenvalue weighted by atomic mass is 16.5. The minimum Gasteiger partial charge on any atom is -0.497 e. The average Bonchev–Trinajstić information content (AvgIpc) is 3.27. The minimum atomic E-state index is -0.0386. The van der Waals surface area contributed by atoms with Crippen molar-refractivity contribution < 1.29 is 13.9 Å². The summed E-state index contributed by atoms with van der Waals surface area (Å²) in [7, 11) is 1.58. The lowest BCUT2D eigenvalue weighted by atomic mass is 10.1. The van der Waals surface area contributed by atoms with Crippen LogP contribution in [-0.4, -0.2) is 49.1 Å². The number of aryl methyl sites for hydroxylation is 1. The van der Waals surface area contributed by atoms with Gasteiger partial charge in [0.15, 0.2) is 0 Å². The molecule has 1 fully saturated rings. The summed E-state index contributed by atoms with van der Waals surface area (Å²) in [6, 6.07) is 17.4. The highest BCUT2D eigenvalue weighted by Gasteiger charge is 2.26. The van der Waals surface area contributed by atoms with Crippen LogP contribution in [0.5, 0.6) is 5.75 Å². The molecule has 4 rings (SSSR count). The molecule has 0 N–H and O–H groups in total. The van der Waals surface area contributed by atoms with Crippen LogP contribution in [0.15, 0.2) is 52.9 Å². The van der Waals surface area contributed by atoms with Crippen molar-refractivity contribution in [2.24, 2.45) is 0 Å². The van der Waals surface area contributed by atoms with Crippen molar-refractivity contribution in [3.05, 3.63) is 76.8 Å². The van der Waals surface area contributed by atoms with Gasteiger partial charge in [0, 0.05) is 37.8 Å². The maximum atomic E-state index is 12.8. The Bertz CT molecular complexity index is 1170. The number of aromatic nitrogens is 1. The van der Waals surface area contributed by atoms with Crippen LogP contribution in [0, 0.1) is 18.3 Å². The highest BCUT2D eigenvalue weighted by molar-refractivity contribution is 5.94. The molecule has 7 nitrogen and oxygen atoms in total. The standard InChI is InChI=1S/C25H24N4O3/c1-18-6-8-19(9-7-18)10-11-23-27-22(17-26)25(32-23)29-14-12-28(13-15-29)24(30)20-4-3-5-21(16-20)31-2/h3-11,16H,12-15H2,1-2H3. The van der Waals surface area contributed by atoms with Crippen molar-refractivity contribution in [3.63, 3.8) is 0 Å². The summed E-state index contributed by atoms with van der Waals surface area (Å²) in [6.07, 6.45) is 3.67. The Morgan fingerprint density at radius 3 is 2.56 bits per heavy atom. The van der Waals surface area contributed by atoms with Crippen LogP contribution in [0.25, 0.3) is 12.2 Å². The van der Waals surface area contributed by atoms with Gasteiger partial charge in [0.2, 0.25) is 17.5 Å². The van der Waals surface area contributed by atoms with Gasteiger partial charge in [-0.3, -0.25) is 4.79 Å². The summed E-state index contributed by atoms with van der Waals surface area (Å²) in [4.78, 5) is 20.9. The number of nitrogens with zero attached hydrogens (tertiary/aromatic N) is 4. The van der Waals surface area contributed by atoms with Crippen molar-refractivity contribution in [2.75, 3.05) is 38.2 Å². The Labute approximate surface area is 187 Å². The second-order valence-electron chi connectivity index (χ2n) is 7.57. The molecule has 0 radical (unpaired) electrons. The predicted molar refractivity (Wildman–Crippen MR) is 122 cm³/mol. The smallest absolute Gasteiger partial charge is 0.254 e. The van der Waals surface area contributed by atoms with Gasteiger partial charge < -0.3 is 19.0 Å². The Kier molecular flexibility index (Phi) is 6.22. The van der Waals surface area contributed by atoms with E-state index in [0.29, 0.717) is 49.3 Å². The Morgan fingerprint density at radius 1 is 1.12 bits per heavy atom. The molecule has 0 unspecified atom stereocenters. The number of amides is 1. The molecule has 2 aromatic carbocycles. The molecule has 2 heterocycles. The molecule has 162 valence electrons. The molecule has 0 bridgehead atoms. The lowest BCUT2D eigenvalue weighted by Crippen LogP contribution is -2.48. The zero-order valence-electron chi connectivity index (χ0n) is 18.1. The lowest BCUT2D eigenvalue weighted by molar-refractivity contribution is 0.0745. The van der Waals surface area contributed by atoms with Crippen LogP contribution < -0.4 is 9.64 Å². The van der Waals surface area contributed by atoms with Crippen LogP contribution in [0.4, 0.5) is 5.88 Å². The minimum absolute atomic E-state index is 0.0386. The van der Waals surface area contributed by atoms with E-state index in [4.69, 9.17) is 9.15 Å². The third-order valence-electron chi connectivity index (χ3n) is 5.40. The van der Waals surface area contributed by atoms with Crippen molar-refractivity contribution in [3.8, 4) is 11.8 Å². The molecule has 1 aliphatic rings. The van der Waals surface area contributed by atoms with Gasteiger partial charge in [-0.05, 0) is 36.8 Å². The van der Waals surface area contributed by atoms with E-state index < -0.39 is 0 Å². The molecule has 3 aromatic rings. The summed E-state index contributed by atoms with van der Waals surface area (Å²) in [5.74, 6) is 1.45. The summed E-state index contributed by atoms with van der Waals surface area (Å²) < 4.78 is 11.1. The van der Waals surface area contributed by atoms with Gasteiger partial charge in [-0.2, -0.15) is 10.2 Å². The van der Waals surface area contributed by atoms with E-state index in [-0.39, 0.29) is 11.6 Å². The second kappa shape index (κ2) is 9.40. The molecular weight excluding hydrogens is 404 g/mol. The normalized spacial score (nSPS) is 13.9. The van der Waals surface area contributed by atoms with E-state index in [9.17, 15) is 10.1 Å². The number of oxazole rings is 1. The molecule has 0 spiro atoms. The molecule has 32 heavy (non-hydrogen) atoms. The number of ether oxygens (including phenoxy) is 1. The van der Waals surface area contributed by atoms with Crippen LogP contribution in [-0.2, 0) is 0 Å². The monoisotopic (exact) mass is 428 g/mol. The van der Waals surface area contributed by atoms with Gasteiger partial charge in [-0.15, -0.1) is 0 Å². The molecular formula is C25H24N4O3. The molecule has 0 atom stereocenters. The van der Waals surface area contributed by atoms with E-state index in [1.54, 1.807) is 30.2 Å². The number of benzene rings is 2. The van der Waals surface area contributed by atoms with Gasteiger partial charge in [-0.1, -0.05) is 35.9 Å². The van der Waals surface area contributed by atoms with E-state index in [1.165, 1.54) is 5.56 Å². The number of hydrogen-bond acceptors (Lipinski definition) is 6. The topological polar surface area (TPSA) is 82.6 Å². The SMILES string of the molecule is COc1cccc(C(=O)N2CCN(c3oc(C=Cc4ccc(C)cc4)nc3C#N)CC2)c1. The quantitative estimate of drug-likeness (QED) is 0.611. The first-order chi connectivity index (χ1) is 15.6. The lowest BCUT2D eigenvalue weighted by Gasteiger charge is -2.34. The molecule has 1 aromatic heterocycles. The van der Waals surface area contributed by atoms with Crippen molar-refractivity contribution in [1.29, 1.82) is 5.26 Å². The van der Waals surface area contributed by atoms with E-state index in [0.717, 1.165) is 5.56 Å². The van der Waals surface area contributed by atoms with E-state index in [1.807, 2.05) is 54.3 Å². The predicted octanol–water partition coefficient (Wildman–Crippen LogP) is 4.00. The fourth-order valence-electron chi connectivity index (χ4n) is 3.58. The zero-order chi connectivity index (χ0) is 22.5. The number of carbonyl (C=O) groups excluding carboxylic acids is 1. The summed E-state index contributed by atoms with van der Waals surface area (Å²) >= 11 is 0. The summed E-state index contributed by atoms with van der Waals surface area (Å²) in [5, 5.41) is 9.52. The van der Waals surface area contributed by atoms with Gasteiger partial charge in [0.1, 0.15) is 11.8 Å². The number of hydrogen-bond donors (Lipinski definition) is 0. The van der Waals surface area contributed by atoms with E-state index in [2.05, 4.69) is 11.1 Å². The van der Waals surface area contributed by atoms with Crippen LogP contribution in [0.3, 0.4) is 0 Å². The fourth-order valence-corrected chi connectivity index (χ4v) is 3.58. The first-order valence-corrected chi connectivity index (χ1v) is 10.4. The first-order valence-electron chi connectivity index (χ1n) is 10.4. The molecule has 0 aliphatic carbocycles. The summed E-state index contributed by atoms with van der Waals surface area (Å²) in [6.45, 7) is 4.20. The maximum Gasteiger partial charge on any atom is 0.254 e. The van der Waals surface area contributed by atoms with Crippen LogP contribution >= 0.6 is 0 Å². The summed E-state index contributed by atoms with van der Waals surface area (Å²) in [5.41, 5.74) is 3.06. The van der Waals surface area contributed by atoms with Gasteiger partial charge in [0.05, 0.1) is 7.11 Å². The average molecular weight is 428 g/mol. The number of piperazine rings is 1. The highest BCUT2D eigenvalue weighted by Crippen LogP contribution is 2.25. The number of methoxy groups -OCH3 is 1. The van der Waals surface area contributed by atoms with Crippen LogP contribution in [0.2, 0.25) is 0 Å². The van der Waals surface area contributed by atoms with Crippen molar-refractivity contribution in [1.82, 2.24) is 9.88 Å². The molecule has 1 amide bonds. The van der Waals surface area contributed by atoms with Crippen molar-refractivity contribution >= 4 is 23.9 Å². The molecule has 1 aliphatic heterocycles. The van der Waals surface area contributed by atoms with Crippen molar-refractivity contribution in [2.45, 2.75) is 6.92 Å². The maximum absolute atomic E-state index is 12.8. The number of carbonyl (C=O) groups is 1. The van der Waals surface area contributed by atoms with Crippen LogP contribution in [0.1, 0.15) is 33.1 Å². The fraction of sp³-hybridized carbons (Fsp3) is 0.240. The molecule has 7 heteroatoms. The Balaban J connectivity index is 1.43. The van der Waals surface area contributed by atoms with Gasteiger partial charge in [-0.25, -0.2) is 0 Å². The second-order valence-corrected chi connectivity index (χ2v) is 7.57. The first kappa shape index (κ1) is 21.2. The van der Waals surface area contributed by atoms with E-state index >= 15 is 0 Å². The Hall–Kier alpha value is -4.05. The Morgan fingerprint density at radius 2 is 1.88 bits per heavy atom. The molecule has 1 saturated heterocycles.